The first-order chi connectivity index (χ1) is 21.7. The quantitative estimate of drug-likeness (QED) is 0.287. The van der Waals surface area contributed by atoms with E-state index in [2.05, 4.69) is 15.6 Å². The lowest BCUT2D eigenvalue weighted by atomic mass is 9.85. The molecule has 3 heterocycles. The predicted octanol–water partition coefficient (Wildman–Crippen LogP) is 3.74. The number of hydrogen-bond acceptors (Lipinski definition) is 7. The summed E-state index contributed by atoms with van der Waals surface area (Å²) in [6.45, 7) is 8.48. The Hall–Kier alpha value is -3.62. The largest absolute Gasteiger partial charge is 0.471 e. The number of nitrogens with zero attached hydrogens (tertiary/aromatic N) is 2. The van der Waals surface area contributed by atoms with Crippen LogP contribution in [-0.2, 0) is 19.2 Å². The Balaban J connectivity index is 1.29. The molecule has 47 heavy (non-hydrogen) atoms. The summed E-state index contributed by atoms with van der Waals surface area (Å²) in [7, 11) is 0. The van der Waals surface area contributed by atoms with Crippen LogP contribution in [0.2, 0.25) is 0 Å². The van der Waals surface area contributed by atoms with E-state index in [0.717, 1.165) is 24.2 Å². The number of likely N-dealkylation sites (tertiary alicyclic amines) is 1. The monoisotopic (exact) mass is 679 g/mol. The predicted molar refractivity (Wildman–Crippen MR) is 162 cm³/mol. The van der Waals surface area contributed by atoms with Crippen molar-refractivity contribution in [1.29, 1.82) is 0 Å². The molecule has 15 heteroatoms. The second-order valence-corrected chi connectivity index (χ2v) is 16.2. The molecule has 3 N–H and O–H groups in total. The molecule has 2 aliphatic carbocycles. The number of amides is 4. The van der Waals surface area contributed by atoms with Gasteiger partial charge in [0, 0.05) is 24.1 Å². The SMILES string of the molecule is CC(C)(C)[C@H](NC(=O)C(F)(F)F)C(=O)N1C[C@H]2[C@@H]([C@H]1C(=O)N[C@@H](C[C@H]1CC3(CC3)NC1=O)C(=O)c1nc3cc(F)ccc3s1)C2(C)C. The lowest BCUT2D eigenvalue weighted by Gasteiger charge is -2.38. The van der Waals surface area contributed by atoms with E-state index in [4.69, 9.17) is 0 Å². The fourth-order valence-electron chi connectivity index (χ4n) is 7.42. The Morgan fingerprint density at radius 1 is 1.13 bits per heavy atom. The van der Waals surface area contributed by atoms with Gasteiger partial charge in [-0.2, -0.15) is 13.2 Å². The van der Waals surface area contributed by atoms with Crippen LogP contribution in [0.3, 0.4) is 0 Å². The Morgan fingerprint density at radius 2 is 1.81 bits per heavy atom. The van der Waals surface area contributed by atoms with Crippen LogP contribution in [0.15, 0.2) is 18.2 Å². The van der Waals surface area contributed by atoms with E-state index >= 15 is 0 Å². The van der Waals surface area contributed by atoms with E-state index in [9.17, 15) is 41.5 Å². The van der Waals surface area contributed by atoms with E-state index in [1.54, 1.807) is 0 Å². The van der Waals surface area contributed by atoms with Gasteiger partial charge in [-0.15, -0.1) is 11.3 Å². The third kappa shape index (κ3) is 6.11. The van der Waals surface area contributed by atoms with Crippen molar-refractivity contribution in [3.8, 4) is 0 Å². The van der Waals surface area contributed by atoms with Gasteiger partial charge in [-0.25, -0.2) is 9.37 Å². The third-order valence-electron chi connectivity index (χ3n) is 10.4. The van der Waals surface area contributed by atoms with Gasteiger partial charge in [-0.05, 0) is 60.5 Å². The van der Waals surface area contributed by atoms with Gasteiger partial charge < -0.3 is 20.9 Å². The fraction of sp³-hybridized carbons (Fsp3) is 0.625. The van der Waals surface area contributed by atoms with Crippen LogP contribution in [0.5, 0.6) is 0 Å². The minimum Gasteiger partial charge on any atom is -0.350 e. The number of rotatable bonds is 8. The molecule has 4 amide bonds. The summed E-state index contributed by atoms with van der Waals surface area (Å²) in [6, 6.07) is -0.0224. The van der Waals surface area contributed by atoms with Gasteiger partial charge in [0.1, 0.15) is 17.9 Å². The van der Waals surface area contributed by atoms with Crippen LogP contribution in [0, 0.1) is 34.4 Å². The van der Waals surface area contributed by atoms with Crippen LogP contribution in [0.25, 0.3) is 10.2 Å². The molecule has 2 saturated carbocycles. The number of aromatic nitrogens is 1. The highest BCUT2D eigenvalue weighted by atomic mass is 32.1. The maximum absolute atomic E-state index is 14.2. The molecule has 10 nitrogen and oxygen atoms in total. The van der Waals surface area contributed by atoms with E-state index in [1.807, 2.05) is 19.2 Å². The summed E-state index contributed by atoms with van der Waals surface area (Å²) in [6.07, 6.45) is -3.12. The number of hydrogen-bond donors (Lipinski definition) is 3. The van der Waals surface area contributed by atoms with Crippen molar-refractivity contribution in [3.05, 3.63) is 29.0 Å². The van der Waals surface area contributed by atoms with Crippen LogP contribution in [-0.4, -0.2) is 75.7 Å². The number of fused-ring (bicyclic) bond motifs is 2. The first-order valence-electron chi connectivity index (χ1n) is 15.6. The number of Topliss-reactive ketones (excluding diaryl/α,β-unsaturated/α-hetero) is 1. The van der Waals surface area contributed by atoms with Crippen molar-refractivity contribution in [1.82, 2.24) is 25.8 Å². The normalized spacial score (nSPS) is 26.8. The summed E-state index contributed by atoms with van der Waals surface area (Å²) in [5.41, 5.74) is -1.54. The Kier molecular flexibility index (Phi) is 7.76. The number of halogens is 4. The number of alkyl halides is 3. The van der Waals surface area contributed by atoms with Crippen LogP contribution in [0.4, 0.5) is 17.6 Å². The Morgan fingerprint density at radius 3 is 2.40 bits per heavy atom. The van der Waals surface area contributed by atoms with Gasteiger partial charge in [0.25, 0.3) is 0 Å². The molecular formula is C32H37F4N5O5S. The lowest BCUT2D eigenvalue weighted by molar-refractivity contribution is -0.176. The molecule has 4 aliphatic rings. The summed E-state index contributed by atoms with van der Waals surface area (Å²) < 4.78 is 54.1. The number of piperidine rings is 1. The molecule has 0 bridgehead atoms. The van der Waals surface area contributed by atoms with Gasteiger partial charge in [-0.1, -0.05) is 34.6 Å². The van der Waals surface area contributed by atoms with Gasteiger partial charge in [0.2, 0.25) is 23.5 Å². The van der Waals surface area contributed by atoms with Crippen LogP contribution >= 0.6 is 11.3 Å². The molecule has 1 aromatic heterocycles. The second kappa shape index (κ2) is 11.0. The minimum absolute atomic E-state index is 0.0158. The van der Waals surface area contributed by atoms with E-state index in [1.165, 1.54) is 43.9 Å². The van der Waals surface area contributed by atoms with E-state index < -0.39 is 65.0 Å². The molecule has 6 rings (SSSR count). The molecule has 2 saturated heterocycles. The molecule has 6 atom stereocenters. The zero-order valence-corrected chi connectivity index (χ0v) is 27.4. The molecule has 1 aromatic carbocycles. The first kappa shape index (κ1) is 33.3. The summed E-state index contributed by atoms with van der Waals surface area (Å²) in [5.74, 6) is -6.17. The average molecular weight is 680 g/mol. The fourth-order valence-corrected chi connectivity index (χ4v) is 8.36. The highest BCUT2D eigenvalue weighted by Gasteiger charge is 2.70. The van der Waals surface area contributed by atoms with Crippen molar-refractivity contribution in [2.75, 3.05) is 6.54 Å². The molecule has 0 unspecified atom stereocenters. The maximum atomic E-state index is 14.2. The molecular weight excluding hydrogens is 642 g/mol. The van der Waals surface area contributed by atoms with E-state index in [0.29, 0.717) is 11.1 Å². The highest BCUT2D eigenvalue weighted by molar-refractivity contribution is 7.20. The summed E-state index contributed by atoms with van der Waals surface area (Å²) in [4.78, 5) is 72.5. The standard InChI is InChI=1S/C32H37F4N5O5S/c1-29(2,3)23(39-28(46)32(34,35)36)27(45)41-13-16-20(30(16,4)5)21(41)25(44)37-18(10-14-12-31(8-9-31)40-24(14)43)22(42)26-38-17-11-15(33)6-7-19(17)47-26/h6-7,11,14,16,18,20-21,23H,8-10,12-13H2,1-5H3,(H,37,44)(H,39,46)(H,40,43)/t14-,16-,18-,20-,21-,23+/m0/s1. The molecule has 2 aliphatic heterocycles. The van der Waals surface area contributed by atoms with Crippen LogP contribution in [0.1, 0.15) is 70.1 Å². The van der Waals surface area contributed by atoms with Gasteiger partial charge >= 0.3 is 12.1 Å². The van der Waals surface area contributed by atoms with Crippen LogP contribution < -0.4 is 16.0 Å². The van der Waals surface area contributed by atoms with Crippen molar-refractivity contribution in [2.45, 2.75) is 90.1 Å². The van der Waals surface area contributed by atoms with E-state index in [-0.39, 0.29) is 52.2 Å². The second-order valence-electron chi connectivity index (χ2n) is 15.1. The molecule has 4 fully saturated rings. The minimum atomic E-state index is -5.22. The summed E-state index contributed by atoms with van der Waals surface area (Å²) >= 11 is 1.03. The Labute approximate surface area is 272 Å². The third-order valence-corrected chi connectivity index (χ3v) is 11.4. The number of nitrogens with one attached hydrogen (secondary N) is 3. The molecule has 2 aromatic rings. The smallest absolute Gasteiger partial charge is 0.350 e. The number of benzene rings is 1. The lowest BCUT2D eigenvalue weighted by Crippen LogP contribution is -2.61. The average Bonchev–Trinajstić information content (AvgIpc) is 3.54. The topological polar surface area (TPSA) is 138 Å². The maximum Gasteiger partial charge on any atom is 0.471 e. The zero-order chi connectivity index (χ0) is 34.4. The number of thiazole rings is 1. The van der Waals surface area contributed by atoms with Crippen molar-refractivity contribution >= 4 is 51.0 Å². The van der Waals surface area contributed by atoms with Gasteiger partial charge in [0.05, 0.1) is 16.3 Å². The summed E-state index contributed by atoms with van der Waals surface area (Å²) in [5, 5.41) is 7.63. The molecule has 0 radical (unpaired) electrons. The zero-order valence-electron chi connectivity index (χ0n) is 26.6. The Bertz CT molecular complexity index is 1680. The van der Waals surface area contributed by atoms with Gasteiger partial charge in [0.15, 0.2) is 5.01 Å². The van der Waals surface area contributed by atoms with Crippen molar-refractivity contribution in [2.24, 2.45) is 28.6 Å². The number of carbonyl (C=O) groups excluding carboxylic acids is 5. The number of carbonyl (C=O) groups is 5. The van der Waals surface area contributed by atoms with Crippen molar-refractivity contribution < 1.29 is 41.5 Å². The highest BCUT2D eigenvalue weighted by Crippen LogP contribution is 2.65. The van der Waals surface area contributed by atoms with Gasteiger partial charge in [-0.3, -0.25) is 24.0 Å². The molecule has 1 spiro atoms. The molecule has 254 valence electrons. The first-order valence-corrected chi connectivity index (χ1v) is 16.4. The number of ketones is 1. The van der Waals surface area contributed by atoms with Crippen molar-refractivity contribution in [3.63, 3.8) is 0 Å².